The van der Waals surface area contributed by atoms with Gasteiger partial charge in [-0.3, -0.25) is 4.79 Å². The van der Waals surface area contributed by atoms with Crippen LogP contribution < -0.4 is 4.74 Å². The number of carboxylic acid groups (broad SMARTS) is 1. The Labute approximate surface area is 162 Å². The number of carboxylic acids is 1. The lowest BCUT2D eigenvalue weighted by Gasteiger charge is -2.26. The number of carbonyl (C=O) groups excluding carboxylic acids is 1. The van der Waals surface area contributed by atoms with E-state index in [4.69, 9.17) is 14.6 Å². The topological polar surface area (TPSA) is 76.1 Å². The van der Waals surface area contributed by atoms with Gasteiger partial charge in [-0.2, -0.15) is 0 Å². The minimum Gasteiger partial charge on any atom is -0.482 e. The molecule has 0 radical (unpaired) electrons. The van der Waals surface area contributed by atoms with Gasteiger partial charge in [-0.15, -0.1) is 0 Å². The van der Waals surface area contributed by atoms with Crippen molar-refractivity contribution >= 4 is 11.9 Å². The fourth-order valence-corrected chi connectivity index (χ4v) is 3.16. The smallest absolute Gasteiger partial charge is 0.341 e. The van der Waals surface area contributed by atoms with Crippen molar-refractivity contribution in [1.82, 2.24) is 4.90 Å². The number of ether oxygens (including phenoxy) is 2. The molecule has 2 aromatic rings. The number of nitrogens with zero attached hydrogens (tertiary/aromatic N) is 1. The van der Waals surface area contributed by atoms with Crippen LogP contribution in [-0.2, 0) is 16.1 Å². The molecule has 0 aromatic heterocycles. The van der Waals surface area contributed by atoms with E-state index >= 15 is 0 Å². The molecule has 3 rings (SSSR count). The molecule has 0 aliphatic carbocycles. The summed E-state index contributed by atoms with van der Waals surface area (Å²) in [4.78, 5) is 25.4. The second kappa shape index (κ2) is 9.32. The zero-order valence-corrected chi connectivity index (χ0v) is 15.3. The lowest BCUT2D eigenvalue weighted by atomic mass is 10.1. The second-order valence-corrected chi connectivity index (χ2v) is 6.66. The normalized spacial score (nSPS) is 16.0. The molecule has 6 nitrogen and oxygen atoms in total. The van der Waals surface area contributed by atoms with Gasteiger partial charge in [0, 0.05) is 25.3 Å². The molecule has 1 saturated heterocycles. The molecule has 1 unspecified atom stereocenters. The number of benzene rings is 2. The van der Waals surface area contributed by atoms with Gasteiger partial charge in [-0.25, -0.2) is 9.18 Å². The van der Waals surface area contributed by atoms with Crippen molar-refractivity contribution < 1.29 is 28.6 Å². The van der Waals surface area contributed by atoms with Crippen molar-refractivity contribution in [2.45, 2.75) is 25.5 Å². The van der Waals surface area contributed by atoms with E-state index < -0.39 is 12.6 Å². The zero-order chi connectivity index (χ0) is 19.9. The van der Waals surface area contributed by atoms with Crippen LogP contribution in [0.15, 0.2) is 48.5 Å². The largest absolute Gasteiger partial charge is 0.482 e. The molecule has 2 aromatic carbocycles. The number of halogens is 1. The summed E-state index contributed by atoms with van der Waals surface area (Å²) in [5.74, 6) is -1.40. The Bertz CT molecular complexity index is 835. The van der Waals surface area contributed by atoms with Gasteiger partial charge in [-0.05, 0) is 48.7 Å². The SMILES string of the molecule is O=C(O)COc1cccc(C(=O)N(Cc2cccc(F)c2)CC2CCCO2)c1. The maximum Gasteiger partial charge on any atom is 0.341 e. The van der Waals surface area contributed by atoms with E-state index in [9.17, 15) is 14.0 Å². The van der Waals surface area contributed by atoms with Crippen LogP contribution in [0.2, 0.25) is 0 Å². The Kier molecular flexibility index (Phi) is 6.60. The quantitative estimate of drug-likeness (QED) is 0.753. The van der Waals surface area contributed by atoms with Gasteiger partial charge in [0.05, 0.1) is 6.10 Å². The Morgan fingerprint density at radius 1 is 1.21 bits per heavy atom. The number of carbonyl (C=O) groups is 2. The van der Waals surface area contributed by atoms with Crippen LogP contribution in [0.25, 0.3) is 0 Å². The summed E-state index contributed by atoms with van der Waals surface area (Å²) in [5.41, 5.74) is 1.06. The molecular formula is C21H22FNO5. The monoisotopic (exact) mass is 387 g/mol. The number of aliphatic carboxylic acids is 1. The van der Waals surface area contributed by atoms with E-state index in [0.717, 1.165) is 12.8 Å². The first-order valence-corrected chi connectivity index (χ1v) is 9.11. The van der Waals surface area contributed by atoms with Crippen LogP contribution in [0.1, 0.15) is 28.8 Å². The Morgan fingerprint density at radius 2 is 2.04 bits per heavy atom. The van der Waals surface area contributed by atoms with Crippen molar-refractivity contribution in [3.63, 3.8) is 0 Å². The molecule has 1 atom stereocenters. The highest BCUT2D eigenvalue weighted by atomic mass is 19.1. The average Bonchev–Trinajstić information content (AvgIpc) is 3.19. The first-order valence-electron chi connectivity index (χ1n) is 9.11. The first kappa shape index (κ1) is 19.8. The van der Waals surface area contributed by atoms with Gasteiger partial charge in [0.2, 0.25) is 0 Å². The molecule has 1 fully saturated rings. The highest BCUT2D eigenvalue weighted by Gasteiger charge is 2.24. The average molecular weight is 387 g/mol. The van der Waals surface area contributed by atoms with Gasteiger partial charge >= 0.3 is 5.97 Å². The van der Waals surface area contributed by atoms with Crippen molar-refractivity contribution in [2.24, 2.45) is 0 Å². The third-order valence-electron chi connectivity index (χ3n) is 4.44. The second-order valence-electron chi connectivity index (χ2n) is 6.66. The third-order valence-corrected chi connectivity index (χ3v) is 4.44. The number of amides is 1. The lowest BCUT2D eigenvalue weighted by Crippen LogP contribution is -2.37. The van der Waals surface area contributed by atoms with Crippen molar-refractivity contribution in [3.8, 4) is 5.75 Å². The van der Waals surface area contributed by atoms with Crippen LogP contribution >= 0.6 is 0 Å². The van der Waals surface area contributed by atoms with Crippen LogP contribution in [0.3, 0.4) is 0 Å². The molecule has 0 saturated carbocycles. The van der Waals surface area contributed by atoms with E-state index in [-0.39, 0.29) is 24.4 Å². The fourth-order valence-electron chi connectivity index (χ4n) is 3.16. The van der Waals surface area contributed by atoms with E-state index in [1.807, 2.05) is 0 Å². The highest BCUT2D eigenvalue weighted by molar-refractivity contribution is 5.94. The summed E-state index contributed by atoms with van der Waals surface area (Å²) >= 11 is 0. The van der Waals surface area contributed by atoms with E-state index in [0.29, 0.717) is 30.0 Å². The number of hydrogen-bond acceptors (Lipinski definition) is 4. The predicted octanol–water partition coefficient (Wildman–Crippen LogP) is 3.11. The molecule has 1 heterocycles. The Morgan fingerprint density at radius 3 is 2.75 bits per heavy atom. The molecule has 1 N–H and O–H groups in total. The summed E-state index contributed by atoms with van der Waals surface area (Å²) < 4.78 is 24.4. The molecule has 7 heteroatoms. The minimum atomic E-state index is -1.09. The maximum absolute atomic E-state index is 13.6. The molecule has 1 aliphatic heterocycles. The molecule has 148 valence electrons. The first-order chi connectivity index (χ1) is 13.5. The maximum atomic E-state index is 13.6. The summed E-state index contributed by atoms with van der Waals surface area (Å²) in [6.45, 7) is 0.831. The fraction of sp³-hybridized carbons (Fsp3) is 0.333. The summed E-state index contributed by atoms with van der Waals surface area (Å²) in [6.07, 6.45) is 1.77. The summed E-state index contributed by atoms with van der Waals surface area (Å²) in [7, 11) is 0. The standard InChI is InChI=1S/C21H22FNO5/c22-17-6-1-4-15(10-17)12-23(13-19-8-3-9-27-19)21(26)16-5-2-7-18(11-16)28-14-20(24)25/h1-2,4-7,10-11,19H,3,8-9,12-14H2,(H,24,25). The van der Waals surface area contributed by atoms with Gasteiger partial charge in [-0.1, -0.05) is 18.2 Å². The lowest BCUT2D eigenvalue weighted by molar-refractivity contribution is -0.139. The van der Waals surface area contributed by atoms with E-state index in [2.05, 4.69) is 0 Å². The summed E-state index contributed by atoms with van der Waals surface area (Å²) in [5, 5.41) is 8.74. The van der Waals surface area contributed by atoms with Crippen molar-refractivity contribution in [2.75, 3.05) is 19.8 Å². The van der Waals surface area contributed by atoms with Crippen LogP contribution in [0.5, 0.6) is 5.75 Å². The number of rotatable bonds is 8. The van der Waals surface area contributed by atoms with Gasteiger partial charge < -0.3 is 19.5 Å². The van der Waals surface area contributed by atoms with Crippen molar-refractivity contribution in [3.05, 3.63) is 65.5 Å². The molecule has 1 aliphatic rings. The van der Waals surface area contributed by atoms with E-state index in [1.54, 1.807) is 35.2 Å². The molecule has 0 bridgehead atoms. The van der Waals surface area contributed by atoms with Crippen molar-refractivity contribution in [1.29, 1.82) is 0 Å². The molecule has 1 amide bonds. The predicted molar refractivity (Wildman–Crippen MR) is 99.7 cm³/mol. The van der Waals surface area contributed by atoms with Gasteiger partial charge in [0.15, 0.2) is 6.61 Å². The van der Waals surface area contributed by atoms with Crippen LogP contribution in [0, 0.1) is 5.82 Å². The van der Waals surface area contributed by atoms with Crippen LogP contribution in [-0.4, -0.2) is 47.7 Å². The van der Waals surface area contributed by atoms with Crippen LogP contribution in [0.4, 0.5) is 4.39 Å². The third kappa shape index (κ3) is 5.53. The molecular weight excluding hydrogens is 365 g/mol. The zero-order valence-electron chi connectivity index (χ0n) is 15.3. The van der Waals surface area contributed by atoms with Gasteiger partial charge in [0.25, 0.3) is 5.91 Å². The van der Waals surface area contributed by atoms with Gasteiger partial charge in [0.1, 0.15) is 11.6 Å². The van der Waals surface area contributed by atoms with E-state index in [1.165, 1.54) is 18.2 Å². The Balaban J connectivity index is 1.78. The molecule has 0 spiro atoms. The molecule has 28 heavy (non-hydrogen) atoms. The summed E-state index contributed by atoms with van der Waals surface area (Å²) in [6, 6.07) is 12.5. The Hall–Kier alpha value is -2.93. The highest BCUT2D eigenvalue weighted by Crippen LogP contribution is 2.20. The minimum absolute atomic E-state index is 0.0519. The number of hydrogen-bond donors (Lipinski definition) is 1.